The van der Waals surface area contributed by atoms with Gasteiger partial charge in [-0.2, -0.15) is 13.2 Å². The van der Waals surface area contributed by atoms with Crippen LogP contribution in [-0.4, -0.2) is 16.8 Å². The Morgan fingerprint density at radius 1 is 1.00 bits per heavy atom. The average Bonchev–Trinajstić information content (AvgIpc) is 3.20. The molecule has 10 heteroatoms. The zero-order valence-corrected chi connectivity index (χ0v) is 24.8. The minimum Gasteiger partial charge on any atom is -0.490 e. The number of nitrogens with zero attached hydrogens (tertiary/aromatic N) is 1. The van der Waals surface area contributed by atoms with Gasteiger partial charge in [-0.05, 0) is 87.8 Å². The molecule has 0 radical (unpaired) electrons. The topological polar surface area (TPSA) is 38.8 Å². The molecule has 5 rings (SSSR count). The Labute approximate surface area is 252 Å². The zero-order chi connectivity index (χ0) is 28.4. The molecule has 4 nitrogen and oxygen atoms in total. The Hall–Kier alpha value is -3.09. The van der Waals surface area contributed by atoms with Crippen molar-refractivity contribution < 1.29 is 27.4 Å². The van der Waals surface area contributed by atoms with E-state index in [-0.39, 0.29) is 10.0 Å². The van der Waals surface area contributed by atoms with Crippen LogP contribution in [0.5, 0.6) is 11.5 Å². The van der Waals surface area contributed by atoms with Gasteiger partial charge in [0.05, 0.1) is 26.3 Å². The molecule has 1 heterocycles. The number of carbonyl (C=O) groups excluding carboxylic acids is 1. The van der Waals surface area contributed by atoms with Gasteiger partial charge in [0.1, 0.15) is 6.61 Å². The lowest BCUT2D eigenvalue weighted by molar-refractivity contribution is -0.137. The molecule has 4 aromatic carbocycles. The van der Waals surface area contributed by atoms with Gasteiger partial charge >= 0.3 is 6.18 Å². The van der Waals surface area contributed by atoms with Gasteiger partial charge in [0.2, 0.25) is 0 Å². The molecule has 1 fully saturated rings. The number of hydrogen-bond acceptors (Lipinski definition) is 5. The van der Waals surface area contributed by atoms with Crippen molar-refractivity contribution in [2.24, 2.45) is 0 Å². The second kappa shape index (κ2) is 11.8. The molecule has 0 bridgehead atoms. The summed E-state index contributed by atoms with van der Waals surface area (Å²) in [6.07, 6.45) is -2.87. The third kappa shape index (κ3) is 5.98. The van der Waals surface area contributed by atoms with E-state index in [9.17, 15) is 18.0 Å². The average molecular weight is 692 g/mol. The third-order valence-electron chi connectivity index (χ3n) is 6.11. The summed E-state index contributed by atoms with van der Waals surface area (Å²) in [6, 6.07) is 22.4. The van der Waals surface area contributed by atoms with Crippen LogP contribution in [0.1, 0.15) is 23.6 Å². The van der Waals surface area contributed by atoms with Crippen molar-refractivity contribution in [3.63, 3.8) is 0 Å². The van der Waals surface area contributed by atoms with Crippen molar-refractivity contribution >= 4 is 79.3 Å². The first-order valence-electron chi connectivity index (χ1n) is 12.2. The Morgan fingerprint density at radius 3 is 2.52 bits per heavy atom. The minimum absolute atomic E-state index is 0.0718. The highest BCUT2D eigenvalue weighted by Gasteiger charge is 2.36. The van der Waals surface area contributed by atoms with E-state index in [1.165, 1.54) is 12.1 Å². The first kappa shape index (κ1) is 28.4. The SMILES string of the molecule is CCOc1cc(/C=C2\SC(=S)N(c3cccc(C(F)(F)F)c3)C2=O)cc(I)c1OCc1cccc2ccccc12. The van der Waals surface area contributed by atoms with Crippen molar-refractivity contribution in [3.8, 4) is 11.5 Å². The lowest BCUT2D eigenvalue weighted by atomic mass is 10.1. The molecule has 1 saturated heterocycles. The number of carbonyl (C=O) groups is 1. The number of alkyl halides is 3. The van der Waals surface area contributed by atoms with Crippen LogP contribution >= 0.6 is 46.6 Å². The summed E-state index contributed by atoms with van der Waals surface area (Å²) in [5.74, 6) is 0.622. The molecule has 0 N–H and O–H groups in total. The molecule has 0 spiro atoms. The number of ether oxygens (including phenoxy) is 2. The first-order valence-corrected chi connectivity index (χ1v) is 14.5. The van der Waals surface area contributed by atoms with Gasteiger partial charge < -0.3 is 9.47 Å². The zero-order valence-electron chi connectivity index (χ0n) is 21.0. The minimum atomic E-state index is -4.53. The molecule has 204 valence electrons. The summed E-state index contributed by atoms with van der Waals surface area (Å²) in [5, 5.41) is 2.23. The normalized spacial score (nSPS) is 14.8. The van der Waals surface area contributed by atoms with Crippen molar-refractivity contribution in [3.05, 3.63) is 104 Å². The maximum absolute atomic E-state index is 13.2. The molecular weight excluding hydrogens is 670 g/mol. The maximum atomic E-state index is 13.2. The van der Waals surface area contributed by atoms with E-state index >= 15 is 0 Å². The van der Waals surface area contributed by atoms with Gasteiger partial charge in [-0.15, -0.1) is 0 Å². The van der Waals surface area contributed by atoms with Crippen LogP contribution in [-0.2, 0) is 17.6 Å². The summed E-state index contributed by atoms with van der Waals surface area (Å²) in [4.78, 5) is 14.6. The Morgan fingerprint density at radius 2 is 1.75 bits per heavy atom. The van der Waals surface area contributed by atoms with Gasteiger partial charge in [0.15, 0.2) is 15.8 Å². The molecule has 4 aromatic rings. The number of amides is 1. The molecule has 0 unspecified atom stereocenters. The number of hydrogen-bond donors (Lipinski definition) is 0. The summed E-state index contributed by atoms with van der Waals surface area (Å²) in [6.45, 7) is 2.61. The summed E-state index contributed by atoms with van der Waals surface area (Å²) in [7, 11) is 0. The molecule has 1 aliphatic heterocycles. The second-order valence-electron chi connectivity index (χ2n) is 8.76. The van der Waals surface area contributed by atoms with Crippen LogP contribution in [0, 0.1) is 3.57 Å². The Kier molecular flexibility index (Phi) is 8.39. The standard InChI is InChI=1S/C30H21F3INO3S2/c1-2-37-25-14-18(13-24(34)27(25)38-17-20-9-5-8-19-7-3-4-12-23(19)20)15-26-28(36)35(29(39)40-26)22-11-6-10-21(16-22)30(31,32)33/h3-16H,2,17H2,1H3/b26-15-. The van der Waals surface area contributed by atoms with Gasteiger partial charge in [-0.1, -0.05) is 72.5 Å². The van der Waals surface area contributed by atoms with Crippen LogP contribution in [0.15, 0.2) is 83.8 Å². The number of thioether (sulfide) groups is 1. The molecule has 1 amide bonds. The fourth-order valence-electron chi connectivity index (χ4n) is 4.31. The largest absolute Gasteiger partial charge is 0.490 e. The van der Waals surface area contributed by atoms with Gasteiger partial charge in [0.25, 0.3) is 5.91 Å². The van der Waals surface area contributed by atoms with Crippen molar-refractivity contribution in [2.75, 3.05) is 11.5 Å². The first-order chi connectivity index (χ1) is 19.2. The Bertz CT molecular complexity index is 1650. The monoisotopic (exact) mass is 691 g/mol. The quantitative estimate of drug-likeness (QED) is 0.110. The lowest BCUT2D eigenvalue weighted by Gasteiger charge is -2.16. The van der Waals surface area contributed by atoms with E-state index in [0.29, 0.717) is 35.2 Å². The molecule has 0 aromatic heterocycles. The molecule has 0 atom stereocenters. The number of anilines is 1. The molecule has 1 aliphatic rings. The molecule has 40 heavy (non-hydrogen) atoms. The lowest BCUT2D eigenvalue weighted by Crippen LogP contribution is -2.27. The Balaban J connectivity index is 1.42. The predicted octanol–water partition coefficient (Wildman–Crippen LogP) is 8.85. The fourth-order valence-corrected chi connectivity index (χ4v) is 6.39. The van der Waals surface area contributed by atoms with Crippen molar-refractivity contribution in [1.29, 1.82) is 0 Å². The fraction of sp³-hybridized carbons (Fsp3) is 0.133. The van der Waals surface area contributed by atoms with E-state index in [1.54, 1.807) is 12.1 Å². The molecule has 0 aliphatic carbocycles. The highest BCUT2D eigenvalue weighted by molar-refractivity contribution is 14.1. The summed E-state index contributed by atoms with van der Waals surface area (Å²) >= 11 is 8.56. The maximum Gasteiger partial charge on any atom is 0.416 e. The molecular formula is C30H21F3INO3S2. The highest BCUT2D eigenvalue weighted by atomic mass is 127. The van der Waals surface area contributed by atoms with Crippen molar-refractivity contribution in [2.45, 2.75) is 19.7 Å². The van der Waals surface area contributed by atoms with E-state index in [0.717, 1.165) is 48.7 Å². The van der Waals surface area contributed by atoms with E-state index in [4.69, 9.17) is 21.7 Å². The third-order valence-corrected chi connectivity index (χ3v) is 8.21. The van der Waals surface area contributed by atoms with Gasteiger partial charge in [-0.3, -0.25) is 9.69 Å². The smallest absolute Gasteiger partial charge is 0.416 e. The predicted molar refractivity (Wildman–Crippen MR) is 166 cm³/mol. The number of thiocarbonyl (C=S) groups is 1. The van der Waals surface area contributed by atoms with Gasteiger partial charge in [-0.25, -0.2) is 0 Å². The second-order valence-corrected chi connectivity index (χ2v) is 11.6. The van der Waals surface area contributed by atoms with E-state index in [1.807, 2.05) is 37.3 Å². The van der Waals surface area contributed by atoms with Crippen LogP contribution in [0.2, 0.25) is 0 Å². The molecule has 0 saturated carbocycles. The van der Waals surface area contributed by atoms with Crippen LogP contribution in [0.3, 0.4) is 0 Å². The number of fused-ring (bicyclic) bond motifs is 1. The number of rotatable bonds is 7. The summed E-state index contributed by atoms with van der Waals surface area (Å²) < 4.78 is 52.8. The van der Waals surface area contributed by atoms with Crippen LogP contribution in [0.25, 0.3) is 16.8 Å². The van der Waals surface area contributed by atoms with Crippen LogP contribution < -0.4 is 14.4 Å². The van der Waals surface area contributed by atoms with Crippen LogP contribution in [0.4, 0.5) is 18.9 Å². The van der Waals surface area contributed by atoms with E-state index in [2.05, 4.69) is 40.8 Å². The summed E-state index contributed by atoms with van der Waals surface area (Å²) in [5.41, 5.74) is 0.939. The number of benzene rings is 4. The number of halogens is 4. The van der Waals surface area contributed by atoms with Crippen molar-refractivity contribution in [1.82, 2.24) is 0 Å². The van der Waals surface area contributed by atoms with Gasteiger partial charge in [0, 0.05) is 0 Å². The van der Waals surface area contributed by atoms with E-state index < -0.39 is 17.6 Å². The highest BCUT2D eigenvalue weighted by Crippen LogP contribution is 2.40.